The van der Waals surface area contributed by atoms with Crippen LogP contribution in [0.15, 0.2) is 34.7 Å². The Hall–Kier alpha value is -2.28. The van der Waals surface area contributed by atoms with E-state index in [2.05, 4.69) is 10.3 Å². The molecule has 0 fully saturated rings. The molecule has 1 unspecified atom stereocenters. The second kappa shape index (κ2) is 4.71. The molecule has 0 saturated carbocycles. The van der Waals surface area contributed by atoms with Crippen LogP contribution in [0.4, 0.5) is 5.88 Å². The normalized spacial score (nSPS) is 11.8. The number of oxazole rings is 1. The maximum Gasteiger partial charge on any atom is 0.232 e. The molecule has 0 aliphatic heterocycles. The van der Waals surface area contributed by atoms with Crippen LogP contribution in [0.3, 0.4) is 0 Å². The molecule has 0 amide bonds. The zero-order valence-corrected chi connectivity index (χ0v) is 9.77. The van der Waals surface area contributed by atoms with Gasteiger partial charge in [0, 0.05) is 6.92 Å². The smallest absolute Gasteiger partial charge is 0.232 e. The van der Waals surface area contributed by atoms with Crippen molar-refractivity contribution in [3.8, 4) is 6.07 Å². The van der Waals surface area contributed by atoms with E-state index < -0.39 is 0 Å². The number of nitrogens with one attached hydrogen (secondary N) is 1. The molecule has 2 rings (SSSR count). The predicted molar refractivity (Wildman–Crippen MR) is 64.4 cm³/mol. The predicted octanol–water partition coefficient (Wildman–Crippen LogP) is 3.03. The summed E-state index contributed by atoms with van der Waals surface area (Å²) in [4.78, 5) is 3.99. The summed E-state index contributed by atoms with van der Waals surface area (Å²) in [6, 6.07) is 12.0. The summed E-state index contributed by atoms with van der Waals surface area (Å²) < 4.78 is 5.35. The van der Waals surface area contributed by atoms with Crippen molar-refractivity contribution < 1.29 is 4.42 Å². The van der Waals surface area contributed by atoms with Crippen molar-refractivity contribution in [2.24, 2.45) is 0 Å². The van der Waals surface area contributed by atoms with Crippen LogP contribution in [0.2, 0.25) is 0 Å². The average Bonchev–Trinajstić information content (AvgIpc) is 2.70. The Labute approximate surface area is 99.9 Å². The molecule has 17 heavy (non-hydrogen) atoms. The van der Waals surface area contributed by atoms with E-state index in [1.54, 1.807) is 6.92 Å². The van der Waals surface area contributed by atoms with Gasteiger partial charge in [-0.25, -0.2) is 4.98 Å². The fraction of sp³-hybridized carbons (Fsp3) is 0.231. The summed E-state index contributed by atoms with van der Waals surface area (Å²) in [6.07, 6.45) is 0. The number of benzene rings is 1. The largest absolute Gasteiger partial charge is 0.424 e. The summed E-state index contributed by atoms with van der Waals surface area (Å²) in [7, 11) is 0. The Kier molecular flexibility index (Phi) is 3.10. The summed E-state index contributed by atoms with van der Waals surface area (Å²) in [5.74, 6) is 0.922. The molecule has 0 spiro atoms. The Morgan fingerprint density at radius 3 is 2.71 bits per heavy atom. The zero-order valence-electron chi connectivity index (χ0n) is 9.77. The maximum absolute atomic E-state index is 8.90. The quantitative estimate of drug-likeness (QED) is 0.875. The molecule has 0 aliphatic rings. The molecule has 1 N–H and O–H groups in total. The first-order chi connectivity index (χ1) is 8.20. The van der Waals surface area contributed by atoms with E-state index in [-0.39, 0.29) is 6.04 Å². The van der Waals surface area contributed by atoms with Crippen molar-refractivity contribution in [2.45, 2.75) is 19.9 Å². The highest BCUT2D eigenvalue weighted by molar-refractivity contribution is 5.46. The van der Waals surface area contributed by atoms with Crippen LogP contribution >= 0.6 is 0 Å². The molecule has 0 radical (unpaired) electrons. The van der Waals surface area contributed by atoms with Gasteiger partial charge < -0.3 is 9.73 Å². The number of nitriles is 1. The SMILES string of the molecule is Cc1nc(C#N)c(NC(C)c2ccccc2)o1. The molecule has 2 aromatic rings. The van der Waals surface area contributed by atoms with E-state index in [0.29, 0.717) is 17.5 Å². The Morgan fingerprint density at radius 2 is 2.06 bits per heavy atom. The number of aryl methyl sites for hydroxylation is 1. The molecule has 1 atom stereocenters. The van der Waals surface area contributed by atoms with Gasteiger partial charge in [0.15, 0.2) is 5.89 Å². The molecule has 0 saturated heterocycles. The summed E-state index contributed by atoms with van der Waals surface area (Å²) in [6.45, 7) is 3.73. The van der Waals surface area contributed by atoms with Gasteiger partial charge in [-0.1, -0.05) is 30.3 Å². The highest BCUT2D eigenvalue weighted by Gasteiger charge is 2.13. The van der Waals surface area contributed by atoms with Crippen LogP contribution in [0, 0.1) is 18.3 Å². The Morgan fingerprint density at radius 1 is 1.35 bits per heavy atom. The highest BCUT2D eigenvalue weighted by atomic mass is 16.4. The third-order valence-electron chi connectivity index (χ3n) is 2.49. The molecule has 1 heterocycles. The lowest BCUT2D eigenvalue weighted by Crippen LogP contribution is -2.06. The van der Waals surface area contributed by atoms with Crippen LogP contribution in [0.5, 0.6) is 0 Å². The first-order valence-electron chi connectivity index (χ1n) is 5.39. The maximum atomic E-state index is 8.90. The van der Waals surface area contributed by atoms with E-state index in [1.807, 2.05) is 43.3 Å². The summed E-state index contributed by atoms with van der Waals surface area (Å²) >= 11 is 0. The molecule has 4 heteroatoms. The van der Waals surface area contributed by atoms with Crippen LogP contribution in [-0.4, -0.2) is 4.98 Å². The van der Waals surface area contributed by atoms with Crippen molar-refractivity contribution in [3.63, 3.8) is 0 Å². The van der Waals surface area contributed by atoms with E-state index in [4.69, 9.17) is 9.68 Å². The summed E-state index contributed by atoms with van der Waals surface area (Å²) in [5, 5.41) is 12.0. The second-order valence-electron chi connectivity index (χ2n) is 3.80. The van der Waals surface area contributed by atoms with Gasteiger partial charge >= 0.3 is 0 Å². The Balaban J connectivity index is 2.19. The minimum absolute atomic E-state index is 0.0654. The van der Waals surface area contributed by atoms with Gasteiger partial charge in [-0.05, 0) is 12.5 Å². The number of anilines is 1. The monoisotopic (exact) mass is 227 g/mol. The minimum atomic E-state index is 0.0654. The van der Waals surface area contributed by atoms with Crippen LogP contribution in [0.25, 0.3) is 0 Å². The van der Waals surface area contributed by atoms with Gasteiger partial charge in [0.2, 0.25) is 11.6 Å². The standard InChI is InChI=1S/C13H13N3O/c1-9(11-6-4-3-5-7-11)15-13-12(8-14)16-10(2)17-13/h3-7,9,15H,1-2H3. The van der Waals surface area contributed by atoms with Crippen molar-refractivity contribution in [1.29, 1.82) is 5.26 Å². The Bertz CT molecular complexity index is 540. The average molecular weight is 227 g/mol. The summed E-state index contributed by atoms with van der Waals surface area (Å²) in [5.41, 5.74) is 1.43. The zero-order chi connectivity index (χ0) is 12.3. The van der Waals surface area contributed by atoms with Gasteiger partial charge in [-0.2, -0.15) is 5.26 Å². The van der Waals surface area contributed by atoms with Crippen molar-refractivity contribution >= 4 is 5.88 Å². The van der Waals surface area contributed by atoms with Crippen LogP contribution < -0.4 is 5.32 Å². The van der Waals surface area contributed by atoms with E-state index >= 15 is 0 Å². The van der Waals surface area contributed by atoms with Gasteiger partial charge in [0.25, 0.3) is 0 Å². The third-order valence-corrected chi connectivity index (χ3v) is 2.49. The van der Waals surface area contributed by atoms with Gasteiger partial charge in [-0.15, -0.1) is 0 Å². The molecular formula is C13H13N3O. The number of hydrogen-bond donors (Lipinski definition) is 1. The first-order valence-corrected chi connectivity index (χ1v) is 5.39. The van der Waals surface area contributed by atoms with Gasteiger partial charge in [0.05, 0.1) is 6.04 Å². The lowest BCUT2D eigenvalue weighted by Gasteiger charge is -2.12. The topological polar surface area (TPSA) is 61.9 Å². The fourth-order valence-electron chi connectivity index (χ4n) is 1.62. The fourth-order valence-corrected chi connectivity index (χ4v) is 1.62. The number of hydrogen-bond acceptors (Lipinski definition) is 4. The minimum Gasteiger partial charge on any atom is -0.424 e. The lowest BCUT2D eigenvalue weighted by molar-refractivity contribution is 0.527. The number of rotatable bonds is 3. The van der Waals surface area contributed by atoms with E-state index in [9.17, 15) is 0 Å². The molecule has 1 aromatic heterocycles. The molecule has 0 bridgehead atoms. The van der Waals surface area contributed by atoms with Gasteiger partial charge in [0.1, 0.15) is 6.07 Å². The third kappa shape index (κ3) is 2.45. The number of aromatic nitrogens is 1. The lowest BCUT2D eigenvalue weighted by atomic mass is 10.1. The van der Waals surface area contributed by atoms with Crippen LogP contribution in [-0.2, 0) is 0 Å². The van der Waals surface area contributed by atoms with Crippen molar-refractivity contribution in [3.05, 3.63) is 47.5 Å². The van der Waals surface area contributed by atoms with Gasteiger partial charge in [-0.3, -0.25) is 0 Å². The van der Waals surface area contributed by atoms with E-state index in [1.165, 1.54) is 0 Å². The number of nitrogens with zero attached hydrogens (tertiary/aromatic N) is 2. The van der Waals surface area contributed by atoms with E-state index in [0.717, 1.165) is 5.56 Å². The molecular weight excluding hydrogens is 214 g/mol. The molecule has 0 aliphatic carbocycles. The first kappa shape index (κ1) is 11.2. The molecule has 1 aromatic carbocycles. The highest BCUT2D eigenvalue weighted by Crippen LogP contribution is 2.22. The van der Waals surface area contributed by atoms with Crippen LogP contribution in [0.1, 0.15) is 30.1 Å². The molecule has 4 nitrogen and oxygen atoms in total. The van der Waals surface area contributed by atoms with Crippen molar-refractivity contribution in [2.75, 3.05) is 5.32 Å². The second-order valence-corrected chi connectivity index (χ2v) is 3.80. The molecule has 86 valence electrons. The van der Waals surface area contributed by atoms with Crippen molar-refractivity contribution in [1.82, 2.24) is 4.98 Å².